The lowest BCUT2D eigenvalue weighted by Gasteiger charge is -2.14. The number of hydrogen-bond donors (Lipinski definition) is 2. The molecular weight excluding hydrogens is 324 g/mol. The average molecular weight is 339 g/mol. The maximum Gasteiger partial charge on any atom is 0.179 e. The van der Waals surface area contributed by atoms with Crippen LogP contribution >= 0.6 is 11.6 Å². The molecule has 1 atom stereocenters. The molecule has 4 rings (SSSR count). The number of para-hydroxylation sites is 1. The Morgan fingerprint density at radius 1 is 1.12 bits per heavy atom. The highest BCUT2D eigenvalue weighted by Gasteiger charge is 2.22. The molecule has 0 aliphatic heterocycles. The first-order valence-corrected chi connectivity index (χ1v) is 7.93. The van der Waals surface area contributed by atoms with Crippen molar-refractivity contribution in [1.29, 1.82) is 0 Å². The van der Waals surface area contributed by atoms with Crippen LogP contribution in [0, 0.1) is 0 Å². The molecule has 2 N–H and O–H groups in total. The van der Waals surface area contributed by atoms with Gasteiger partial charge in [0, 0.05) is 16.2 Å². The Morgan fingerprint density at radius 3 is 2.67 bits per heavy atom. The molecule has 7 heteroatoms. The molecule has 0 aliphatic rings. The van der Waals surface area contributed by atoms with E-state index in [1.165, 1.54) is 0 Å². The molecule has 0 saturated heterocycles. The monoisotopic (exact) mass is 338 g/mol. The number of aromatic amines is 1. The van der Waals surface area contributed by atoms with E-state index < -0.39 is 0 Å². The second kappa shape index (κ2) is 6.07. The number of H-pyrrole nitrogens is 1. The van der Waals surface area contributed by atoms with Crippen LogP contribution in [0.2, 0.25) is 5.02 Å². The molecule has 4 aromatic rings. The van der Waals surface area contributed by atoms with Gasteiger partial charge in [0.15, 0.2) is 5.82 Å². The van der Waals surface area contributed by atoms with Gasteiger partial charge in [0.05, 0.1) is 5.69 Å². The molecule has 0 aliphatic carbocycles. The molecule has 0 fully saturated rings. The summed E-state index contributed by atoms with van der Waals surface area (Å²) in [4.78, 5) is 3.43. The third kappa shape index (κ3) is 2.55. The van der Waals surface area contributed by atoms with Crippen molar-refractivity contribution in [3.8, 4) is 5.69 Å². The van der Waals surface area contributed by atoms with E-state index in [-0.39, 0.29) is 6.04 Å². The van der Waals surface area contributed by atoms with Gasteiger partial charge in [-0.05, 0) is 59.3 Å². The molecule has 24 heavy (non-hydrogen) atoms. The van der Waals surface area contributed by atoms with Gasteiger partial charge in [-0.1, -0.05) is 29.8 Å². The van der Waals surface area contributed by atoms with Crippen molar-refractivity contribution in [2.45, 2.75) is 6.04 Å². The van der Waals surface area contributed by atoms with Gasteiger partial charge in [-0.2, -0.15) is 4.68 Å². The molecule has 2 heterocycles. The molecule has 6 nitrogen and oxygen atoms in total. The highest BCUT2D eigenvalue weighted by Crippen LogP contribution is 2.25. The van der Waals surface area contributed by atoms with E-state index in [2.05, 4.69) is 38.0 Å². The number of aromatic nitrogens is 5. The maximum absolute atomic E-state index is 5.97. The highest BCUT2D eigenvalue weighted by atomic mass is 35.5. The average Bonchev–Trinajstić information content (AvgIpc) is 3.23. The fraction of sp³-hybridized carbons (Fsp3) is 0.118. The quantitative estimate of drug-likeness (QED) is 0.600. The Morgan fingerprint density at radius 2 is 1.92 bits per heavy atom. The van der Waals surface area contributed by atoms with Crippen molar-refractivity contribution in [2.75, 3.05) is 7.05 Å². The number of halogens is 1. The molecular formula is C17H15ClN6. The zero-order chi connectivity index (χ0) is 16.5. The third-order valence-corrected chi connectivity index (χ3v) is 4.23. The predicted octanol–water partition coefficient (Wildman–Crippen LogP) is 3.11. The summed E-state index contributed by atoms with van der Waals surface area (Å²) in [6.07, 6.45) is 0. The van der Waals surface area contributed by atoms with E-state index >= 15 is 0 Å². The van der Waals surface area contributed by atoms with Gasteiger partial charge in [-0.15, -0.1) is 5.10 Å². The summed E-state index contributed by atoms with van der Waals surface area (Å²) < 4.78 is 1.71. The number of tetrazole rings is 1. The minimum absolute atomic E-state index is 0.164. The Bertz CT molecular complexity index is 939. The van der Waals surface area contributed by atoms with Crippen LogP contribution in [0.4, 0.5) is 0 Å². The second-order valence-electron chi connectivity index (χ2n) is 5.46. The van der Waals surface area contributed by atoms with Crippen molar-refractivity contribution in [1.82, 2.24) is 30.5 Å². The van der Waals surface area contributed by atoms with Crippen LogP contribution in [-0.2, 0) is 0 Å². The fourth-order valence-corrected chi connectivity index (χ4v) is 2.94. The third-order valence-electron chi connectivity index (χ3n) is 3.97. The molecule has 1 unspecified atom stereocenters. The van der Waals surface area contributed by atoms with Crippen molar-refractivity contribution < 1.29 is 0 Å². The number of nitrogens with zero attached hydrogens (tertiary/aromatic N) is 4. The normalized spacial score (nSPS) is 12.6. The number of nitrogens with one attached hydrogen (secondary N) is 2. The summed E-state index contributed by atoms with van der Waals surface area (Å²) in [7, 11) is 1.89. The Hall–Kier alpha value is -2.70. The summed E-state index contributed by atoms with van der Waals surface area (Å²) in [5.41, 5.74) is 2.94. The first-order chi connectivity index (χ1) is 11.8. The van der Waals surface area contributed by atoms with E-state index in [1.54, 1.807) is 4.68 Å². The molecule has 0 spiro atoms. The summed E-state index contributed by atoms with van der Waals surface area (Å²) in [6.45, 7) is 0. The van der Waals surface area contributed by atoms with Crippen LogP contribution in [0.5, 0.6) is 0 Å². The van der Waals surface area contributed by atoms with E-state index in [4.69, 9.17) is 11.6 Å². The van der Waals surface area contributed by atoms with Crippen LogP contribution in [0.15, 0.2) is 54.6 Å². The van der Waals surface area contributed by atoms with Gasteiger partial charge >= 0.3 is 0 Å². The van der Waals surface area contributed by atoms with Crippen LogP contribution in [-0.4, -0.2) is 32.2 Å². The maximum atomic E-state index is 5.97. The molecule has 0 radical (unpaired) electrons. The standard InChI is InChI=1S/C17H15ClN6/c1-19-16(15-10-11-4-2-3-5-14(11)20-15)17-21-22-23-24(17)13-8-6-12(18)7-9-13/h2-10,16,19-20H,1H3. The summed E-state index contributed by atoms with van der Waals surface area (Å²) in [5, 5.41) is 17.3. The molecule has 0 saturated carbocycles. The Labute approximate surface area is 143 Å². The summed E-state index contributed by atoms with van der Waals surface area (Å²) in [6, 6.07) is 17.5. The van der Waals surface area contributed by atoms with Crippen molar-refractivity contribution in [2.24, 2.45) is 0 Å². The zero-order valence-electron chi connectivity index (χ0n) is 12.9. The topological polar surface area (TPSA) is 71.4 Å². The van der Waals surface area contributed by atoms with Crippen LogP contribution in [0.25, 0.3) is 16.6 Å². The molecule has 2 aromatic carbocycles. The van der Waals surface area contributed by atoms with E-state index in [9.17, 15) is 0 Å². The van der Waals surface area contributed by atoms with Gasteiger partial charge in [0.1, 0.15) is 6.04 Å². The second-order valence-corrected chi connectivity index (χ2v) is 5.90. The van der Waals surface area contributed by atoms with Gasteiger partial charge < -0.3 is 10.3 Å². The predicted molar refractivity (Wildman–Crippen MR) is 93.4 cm³/mol. The van der Waals surface area contributed by atoms with Gasteiger partial charge in [-0.3, -0.25) is 0 Å². The smallest absolute Gasteiger partial charge is 0.179 e. The molecule has 0 bridgehead atoms. The number of rotatable bonds is 4. The zero-order valence-corrected chi connectivity index (χ0v) is 13.7. The van der Waals surface area contributed by atoms with Crippen molar-refractivity contribution in [3.63, 3.8) is 0 Å². The van der Waals surface area contributed by atoms with E-state index in [0.29, 0.717) is 10.8 Å². The van der Waals surface area contributed by atoms with E-state index in [1.807, 2.05) is 49.5 Å². The van der Waals surface area contributed by atoms with Gasteiger partial charge in [0.2, 0.25) is 0 Å². The van der Waals surface area contributed by atoms with Crippen LogP contribution in [0.3, 0.4) is 0 Å². The summed E-state index contributed by atoms with van der Waals surface area (Å²) in [5.74, 6) is 0.700. The van der Waals surface area contributed by atoms with Crippen LogP contribution in [0.1, 0.15) is 17.6 Å². The minimum Gasteiger partial charge on any atom is -0.357 e. The van der Waals surface area contributed by atoms with Crippen molar-refractivity contribution >= 4 is 22.5 Å². The van der Waals surface area contributed by atoms with Gasteiger partial charge in [0.25, 0.3) is 0 Å². The highest BCUT2D eigenvalue weighted by molar-refractivity contribution is 6.30. The largest absolute Gasteiger partial charge is 0.357 e. The number of benzene rings is 2. The first kappa shape index (κ1) is 14.9. The number of hydrogen-bond acceptors (Lipinski definition) is 4. The number of fused-ring (bicyclic) bond motifs is 1. The lowest BCUT2D eigenvalue weighted by molar-refractivity contribution is 0.610. The summed E-state index contributed by atoms with van der Waals surface area (Å²) >= 11 is 5.97. The Kier molecular flexibility index (Phi) is 3.76. The fourth-order valence-electron chi connectivity index (χ4n) is 2.82. The van der Waals surface area contributed by atoms with Crippen LogP contribution < -0.4 is 5.32 Å². The lowest BCUT2D eigenvalue weighted by Crippen LogP contribution is -2.22. The van der Waals surface area contributed by atoms with Gasteiger partial charge in [-0.25, -0.2) is 0 Å². The minimum atomic E-state index is -0.164. The molecule has 2 aromatic heterocycles. The Balaban J connectivity index is 1.79. The lowest BCUT2D eigenvalue weighted by atomic mass is 10.1. The first-order valence-electron chi connectivity index (χ1n) is 7.55. The molecule has 120 valence electrons. The SMILES string of the molecule is CNC(c1cc2ccccc2[nH]1)c1nnnn1-c1ccc(Cl)cc1. The molecule has 0 amide bonds. The van der Waals surface area contributed by atoms with E-state index in [0.717, 1.165) is 22.3 Å². The van der Waals surface area contributed by atoms with Crippen molar-refractivity contribution in [3.05, 3.63) is 71.1 Å².